The number of carbonyl (C=O) groups excluding carboxylic acids is 1. The number of benzene rings is 1. The van der Waals surface area contributed by atoms with Crippen molar-refractivity contribution in [1.29, 1.82) is 0 Å². The number of aliphatic hydroxyl groups is 1. The summed E-state index contributed by atoms with van der Waals surface area (Å²) in [6.07, 6.45) is 1.09. The molecule has 0 aliphatic carbocycles. The molecule has 0 saturated carbocycles. The Bertz CT molecular complexity index is 660. The van der Waals surface area contributed by atoms with Crippen LogP contribution in [-0.4, -0.2) is 46.9 Å². The van der Waals surface area contributed by atoms with Crippen LogP contribution in [0.25, 0.3) is 11.3 Å². The molecule has 1 fully saturated rings. The third-order valence-electron chi connectivity index (χ3n) is 3.85. The average molecular weight is 357 g/mol. The number of β-amino-alcohol motifs (C(OH)–C–C–N with tert-alkyl or cyclic N) is 1. The molecule has 23 heavy (non-hydrogen) atoms. The lowest BCUT2D eigenvalue weighted by atomic mass is 10.1. The number of aromatic nitrogens is 2. The molecule has 8 heteroatoms. The van der Waals surface area contributed by atoms with Crippen LogP contribution in [0.5, 0.6) is 0 Å². The fraction of sp³-hybridized carbons (Fsp3) is 0.333. The van der Waals surface area contributed by atoms with E-state index in [0.29, 0.717) is 35.9 Å². The minimum atomic E-state index is -0.416. The van der Waals surface area contributed by atoms with Crippen LogP contribution in [0.1, 0.15) is 10.4 Å². The van der Waals surface area contributed by atoms with Gasteiger partial charge in [-0.3, -0.25) is 9.89 Å². The van der Waals surface area contributed by atoms with Crippen LogP contribution in [0.2, 0.25) is 5.02 Å². The standard InChI is InChI=1S/C15H17ClN4O2.ClH/c16-11-3-1-9(2-4-11)14-12(7-19-20-14)15(22)18-6-10-5-17-8-13(10)21;/h1-4,7,10,13,17,21H,5-6,8H2,(H,18,22)(H,19,20);1H. The van der Waals surface area contributed by atoms with Gasteiger partial charge in [0.1, 0.15) is 0 Å². The summed E-state index contributed by atoms with van der Waals surface area (Å²) in [6, 6.07) is 7.19. The van der Waals surface area contributed by atoms with Crippen molar-refractivity contribution in [2.24, 2.45) is 5.92 Å². The highest BCUT2D eigenvalue weighted by Crippen LogP contribution is 2.23. The van der Waals surface area contributed by atoms with E-state index in [1.165, 1.54) is 6.20 Å². The zero-order valence-corrected chi connectivity index (χ0v) is 13.8. The molecule has 1 aliphatic heterocycles. The molecule has 1 aliphatic rings. The molecule has 0 bridgehead atoms. The largest absolute Gasteiger partial charge is 0.391 e. The van der Waals surface area contributed by atoms with E-state index >= 15 is 0 Å². The first-order chi connectivity index (χ1) is 10.6. The lowest BCUT2D eigenvalue weighted by Crippen LogP contribution is -2.34. The molecule has 2 atom stereocenters. The van der Waals surface area contributed by atoms with Crippen LogP contribution in [0.15, 0.2) is 30.5 Å². The maximum absolute atomic E-state index is 12.3. The van der Waals surface area contributed by atoms with E-state index in [1.807, 2.05) is 12.1 Å². The Morgan fingerprint density at radius 3 is 2.74 bits per heavy atom. The Morgan fingerprint density at radius 2 is 2.09 bits per heavy atom. The molecule has 1 aromatic carbocycles. The third-order valence-corrected chi connectivity index (χ3v) is 4.10. The molecule has 4 N–H and O–H groups in total. The minimum Gasteiger partial charge on any atom is -0.391 e. The first-order valence-electron chi connectivity index (χ1n) is 7.11. The van der Waals surface area contributed by atoms with E-state index in [2.05, 4.69) is 20.8 Å². The second-order valence-electron chi connectivity index (χ2n) is 5.36. The number of rotatable bonds is 4. The second-order valence-corrected chi connectivity index (χ2v) is 5.80. The predicted molar refractivity (Wildman–Crippen MR) is 91.0 cm³/mol. The van der Waals surface area contributed by atoms with Gasteiger partial charge in [0.15, 0.2) is 0 Å². The SMILES string of the molecule is Cl.O=C(NCC1CNCC1O)c1cn[nH]c1-c1ccc(Cl)cc1. The molecule has 1 saturated heterocycles. The molecule has 3 rings (SSSR count). The average Bonchev–Trinajstić information content (AvgIpc) is 3.15. The summed E-state index contributed by atoms with van der Waals surface area (Å²) in [4.78, 5) is 12.3. The van der Waals surface area contributed by atoms with Crippen molar-refractivity contribution < 1.29 is 9.90 Å². The highest BCUT2D eigenvalue weighted by atomic mass is 35.5. The van der Waals surface area contributed by atoms with Crippen molar-refractivity contribution in [2.45, 2.75) is 6.10 Å². The zero-order valence-electron chi connectivity index (χ0n) is 12.3. The Kier molecular flexibility index (Phi) is 6.01. The molecule has 1 aromatic heterocycles. The fourth-order valence-corrected chi connectivity index (χ4v) is 2.67. The van der Waals surface area contributed by atoms with Gasteiger partial charge < -0.3 is 15.7 Å². The minimum absolute atomic E-state index is 0. The van der Waals surface area contributed by atoms with Crippen LogP contribution >= 0.6 is 24.0 Å². The van der Waals surface area contributed by atoms with Gasteiger partial charge in [0.2, 0.25) is 0 Å². The molecule has 2 heterocycles. The number of aliphatic hydroxyl groups excluding tert-OH is 1. The van der Waals surface area contributed by atoms with Crippen molar-refractivity contribution >= 4 is 29.9 Å². The number of halogens is 2. The monoisotopic (exact) mass is 356 g/mol. The summed E-state index contributed by atoms with van der Waals surface area (Å²) in [5.41, 5.74) is 1.97. The van der Waals surface area contributed by atoms with Gasteiger partial charge in [-0.25, -0.2) is 0 Å². The van der Waals surface area contributed by atoms with Crippen LogP contribution in [0.4, 0.5) is 0 Å². The molecular weight excluding hydrogens is 339 g/mol. The topological polar surface area (TPSA) is 90.0 Å². The summed E-state index contributed by atoms with van der Waals surface area (Å²) < 4.78 is 0. The third kappa shape index (κ3) is 4.03. The number of carbonyl (C=O) groups is 1. The Morgan fingerprint density at radius 1 is 1.35 bits per heavy atom. The summed E-state index contributed by atoms with van der Waals surface area (Å²) in [7, 11) is 0. The lowest BCUT2D eigenvalue weighted by molar-refractivity contribution is 0.0928. The van der Waals surface area contributed by atoms with E-state index in [1.54, 1.807) is 12.1 Å². The van der Waals surface area contributed by atoms with Gasteiger partial charge in [0.25, 0.3) is 5.91 Å². The van der Waals surface area contributed by atoms with Crippen molar-refractivity contribution in [1.82, 2.24) is 20.8 Å². The molecule has 0 radical (unpaired) electrons. The van der Waals surface area contributed by atoms with E-state index in [0.717, 1.165) is 5.56 Å². The number of aromatic amines is 1. The number of hydrogen-bond donors (Lipinski definition) is 4. The molecule has 0 spiro atoms. The van der Waals surface area contributed by atoms with Crippen LogP contribution in [0, 0.1) is 5.92 Å². The summed E-state index contributed by atoms with van der Waals surface area (Å²) in [5.74, 6) is -0.173. The van der Waals surface area contributed by atoms with Gasteiger partial charge in [-0.05, 0) is 12.1 Å². The van der Waals surface area contributed by atoms with Crippen LogP contribution in [-0.2, 0) is 0 Å². The number of H-pyrrole nitrogens is 1. The Balaban J connectivity index is 0.00000192. The summed E-state index contributed by atoms with van der Waals surface area (Å²) in [5, 5.41) is 23.1. The van der Waals surface area contributed by atoms with Crippen LogP contribution < -0.4 is 10.6 Å². The Labute approximate surface area is 145 Å². The van der Waals surface area contributed by atoms with Crippen LogP contribution in [0.3, 0.4) is 0 Å². The maximum atomic E-state index is 12.3. The first kappa shape index (κ1) is 17.7. The van der Waals surface area contributed by atoms with Gasteiger partial charge in [0, 0.05) is 36.1 Å². The molecule has 2 unspecified atom stereocenters. The van der Waals surface area contributed by atoms with Crippen molar-refractivity contribution in [2.75, 3.05) is 19.6 Å². The van der Waals surface area contributed by atoms with E-state index in [-0.39, 0.29) is 24.2 Å². The number of nitrogens with one attached hydrogen (secondary N) is 3. The second kappa shape index (κ2) is 7.79. The van der Waals surface area contributed by atoms with E-state index in [9.17, 15) is 9.90 Å². The predicted octanol–water partition coefficient (Wildman–Crippen LogP) is 1.46. The fourth-order valence-electron chi connectivity index (χ4n) is 2.54. The maximum Gasteiger partial charge on any atom is 0.255 e. The molecular formula is C15H18Cl2N4O2. The summed E-state index contributed by atoms with van der Waals surface area (Å²) >= 11 is 5.88. The van der Waals surface area contributed by atoms with Gasteiger partial charge in [-0.2, -0.15) is 5.10 Å². The summed E-state index contributed by atoms with van der Waals surface area (Å²) in [6.45, 7) is 1.71. The Hall–Kier alpha value is -1.60. The smallest absolute Gasteiger partial charge is 0.255 e. The van der Waals surface area contributed by atoms with Crippen molar-refractivity contribution in [3.05, 3.63) is 41.0 Å². The number of nitrogens with zero attached hydrogens (tertiary/aromatic N) is 1. The van der Waals surface area contributed by atoms with E-state index < -0.39 is 6.10 Å². The van der Waals surface area contributed by atoms with Gasteiger partial charge in [-0.15, -0.1) is 12.4 Å². The number of hydrogen-bond acceptors (Lipinski definition) is 4. The van der Waals surface area contributed by atoms with Gasteiger partial charge >= 0.3 is 0 Å². The first-order valence-corrected chi connectivity index (χ1v) is 7.49. The molecule has 124 valence electrons. The van der Waals surface area contributed by atoms with Crippen molar-refractivity contribution in [3.63, 3.8) is 0 Å². The van der Waals surface area contributed by atoms with E-state index in [4.69, 9.17) is 11.6 Å². The van der Waals surface area contributed by atoms with Gasteiger partial charge in [-0.1, -0.05) is 23.7 Å². The highest BCUT2D eigenvalue weighted by molar-refractivity contribution is 6.30. The zero-order chi connectivity index (χ0) is 15.5. The van der Waals surface area contributed by atoms with Gasteiger partial charge in [0.05, 0.1) is 23.6 Å². The number of amides is 1. The molecule has 1 amide bonds. The lowest BCUT2D eigenvalue weighted by Gasteiger charge is -2.14. The highest BCUT2D eigenvalue weighted by Gasteiger charge is 2.25. The van der Waals surface area contributed by atoms with Crippen molar-refractivity contribution in [3.8, 4) is 11.3 Å². The molecule has 2 aromatic rings. The quantitative estimate of drug-likeness (QED) is 0.667. The normalized spacial score (nSPS) is 20.1. The molecule has 6 nitrogen and oxygen atoms in total.